The van der Waals surface area contributed by atoms with Gasteiger partial charge in [-0.15, -0.1) is 0 Å². The van der Waals surface area contributed by atoms with Crippen LogP contribution in [0.25, 0.3) is 11.1 Å². The Balaban J connectivity index is 2.49. The number of Topliss-reactive ketones (excluding diaryl/α,β-unsaturated/α-hetero) is 1. The highest BCUT2D eigenvalue weighted by Gasteiger charge is 2.12. The molecule has 0 atom stereocenters. The highest BCUT2D eigenvalue weighted by Crippen LogP contribution is 2.30. The molecule has 0 fully saturated rings. The molecule has 0 saturated heterocycles. The van der Waals surface area contributed by atoms with E-state index in [9.17, 15) is 9.18 Å². The van der Waals surface area contributed by atoms with Gasteiger partial charge in [-0.25, -0.2) is 4.39 Å². The van der Waals surface area contributed by atoms with Crippen LogP contribution < -0.4 is 9.47 Å². The maximum absolute atomic E-state index is 13.5. The van der Waals surface area contributed by atoms with Crippen LogP contribution in [0.1, 0.15) is 24.2 Å². The monoisotopic (exact) mass is 288 g/mol. The highest BCUT2D eigenvalue weighted by atomic mass is 19.1. The van der Waals surface area contributed by atoms with Gasteiger partial charge in [0.1, 0.15) is 5.75 Å². The molecule has 21 heavy (non-hydrogen) atoms. The first kappa shape index (κ1) is 15.0. The number of carbonyl (C=O) groups is 1. The van der Waals surface area contributed by atoms with Crippen molar-refractivity contribution in [3.05, 3.63) is 47.8 Å². The third kappa shape index (κ3) is 3.21. The van der Waals surface area contributed by atoms with Crippen molar-refractivity contribution in [3.63, 3.8) is 0 Å². The molecule has 0 heterocycles. The number of ether oxygens (including phenoxy) is 2. The standard InChI is InChI=1S/C17H17FO3/c1-4-21-16-8-6-12(9-14(16)11(2)19)13-5-7-15(18)17(10-13)20-3/h5-10H,4H2,1-3H3. The van der Waals surface area contributed by atoms with Crippen molar-refractivity contribution in [2.45, 2.75) is 13.8 Å². The molecular formula is C17H17FO3. The minimum absolute atomic E-state index is 0.0747. The Kier molecular flexibility index (Phi) is 4.58. The van der Waals surface area contributed by atoms with E-state index in [0.717, 1.165) is 11.1 Å². The van der Waals surface area contributed by atoms with Gasteiger partial charge in [0.15, 0.2) is 17.3 Å². The predicted octanol–water partition coefficient (Wildman–Crippen LogP) is 4.10. The second-order valence-electron chi connectivity index (χ2n) is 4.55. The zero-order valence-corrected chi connectivity index (χ0v) is 12.3. The Bertz CT molecular complexity index is 665. The lowest BCUT2D eigenvalue weighted by atomic mass is 10.0. The summed E-state index contributed by atoms with van der Waals surface area (Å²) in [5.74, 6) is 0.238. The van der Waals surface area contributed by atoms with E-state index in [1.54, 1.807) is 24.3 Å². The number of methoxy groups -OCH3 is 1. The Hall–Kier alpha value is -2.36. The molecule has 0 saturated carbocycles. The fraction of sp³-hybridized carbons (Fsp3) is 0.235. The van der Waals surface area contributed by atoms with E-state index in [0.29, 0.717) is 17.9 Å². The van der Waals surface area contributed by atoms with Crippen molar-refractivity contribution in [2.75, 3.05) is 13.7 Å². The van der Waals surface area contributed by atoms with Crippen LogP contribution in [0.15, 0.2) is 36.4 Å². The van der Waals surface area contributed by atoms with Gasteiger partial charge in [-0.2, -0.15) is 0 Å². The molecular weight excluding hydrogens is 271 g/mol. The lowest BCUT2D eigenvalue weighted by Gasteiger charge is -2.11. The molecule has 0 spiro atoms. The van der Waals surface area contributed by atoms with Gasteiger partial charge < -0.3 is 9.47 Å². The maximum Gasteiger partial charge on any atom is 0.165 e. The number of carbonyl (C=O) groups excluding carboxylic acids is 1. The Morgan fingerprint density at radius 2 is 1.76 bits per heavy atom. The van der Waals surface area contributed by atoms with Gasteiger partial charge in [0, 0.05) is 0 Å². The Morgan fingerprint density at radius 1 is 1.10 bits per heavy atom. The fourth-order valence-electron chi connectivity index (χ4n) is 2.11. The SMILES string of the molecule is CCOc1ccc(-c2ccc(F)c(OC)c2)cc1C(C)=O. The molecule has 3 nitrogen and oxygen atoms in total. The third-order valence-electron chi connectivity index (χ3n) is 3.14. The van der Waals surface area contributed by atoms with E-state index in [1.165, 1.54) is 20.1 Å². The largest absolute Gasteiger partial charge is 0.494 e. The van der Waals surface area contributed by atoms with Gasteiger partial charge in [0.2, 0.25) is 0 Å². The van der Waals surface area contributed by atoms with Gasteiger partial charge in [0.05, 0.1) is 19.3 Å². The van der Waals surface area contributed by atoms with Crippen LogP contribution in [0.3, 0.4) is 0 Å². The van der Waals surface area contributed by atoms with Gasteiger partial charge in [-0.1, -0.05) is 12.1 Å². The van der Waals surface area contributed by atoms with E-state index < -0.39 is 5.82 Å². The van der Waals surface area contributed by atoms with Crippen LogP contribution in [-0.2, 0) is 0 Å². The molecule has 0 N–H and O–H groups in total. The summed E-state index contributed by atoms with van der Waals surface area (Å²) in [4.78, 5) is 11.7. The Labute approximate surface area is 123 Å². The molecule has 0 unspecified atom stereocenters. The number of hydrogen-bond acceptors (Lipinski definition) is 3. The average Bonchev–Trinajstić information content (AvgIpc) is 2.48. The van der Waals surface area contributed by atoms with E-state index in [2.05, 4.69) is 0 Å². The number of ketones is 1. The zero-order valence-electron chi connectivity index (χ0n) is 12.3. The van der Waals surface area contributed by atoms with Crippen LogP contribution in [0, 0.1) is 5.82 Å². The number of hydrogen-bond donors (Lipinski definition) is 0. The second-order valence-corrected chi connectivity index (χ2v) is 4.55. The molecule has 0 radical (unpaired) electrons. The molecule has 0 bridgehead atoms. The topological polar surface area (TPSA) is 35.5 Å². The molecule has 2 aromatic rings. The summed E-state index contributed by atoms with van der Waals surface area (Å²) in [5.41, 5.74) is 2.10. The molecule has 2 rings (SSSR count). The molecule has 0 aliphatic carbocycles. The third-order valence-corrected chi connectivity index (χ3v) is 3.14. The van der Waals surface area contributed by atoms with Crippen LogP contribution in [-0.4, -0.2) is 19.5 Å². The van der Waals surface area contributed by atoms with Crippen molar-refractivity contribution in [1.29, 1.82) is 0 Å². The molecule has 0 aliphatic rings. The van der Waals surface area contributed by atoms with E-state index >= 15 is 0 Å². The van der Waals surface area contributed by atoms with Crippen LogP contribution in [0.4, 0.5) is 4.39 Å². The first-order valence-corrected chi connectivity index (χ1v) is 6.68. The number of benzene rings is 2. The summed E-state index contributed by atoms with van der Waals surface area (Å²) in [5, 5.41) is 0. The normalized spacial score (nSPS) is 10.3. The first-order chi connectivity index (χ1) is 10.1. The molecule has 4 heteroatoms. The number of halogens is 1. The molecule has 0 aliphatic heterocycles. The smallest absolute Gasteiger partial charge is 0.165 e. The van der Waals surface area contributed by atoms with Crippen molar-refractivity contribution < 1.29 is 18.7 Å². The van der Waals surface area contributed by atoms with Crippen molar-refractivity contribution in [3.8, 4) is 22.6 Å². The summed E-state index contributed by atoms with van der Waals surface area (Å²) < 4.78 is 23.9. The van der Waals surface area contributed by atoms with Crippen LogP contribution in [0.2, 0.25) is 0 Å². The minimum Gasteiger partial charge on any atom is -0.494 e. The van der Waals surface area contributed by atoms with E-state index in [-0.39, 0.29) is 11.5 Å². The summed E-state index contributed by atoms with van der Waals surface area (Å²) in [7, 11) is 1.42. The predicted molar refractivity (Wildman–Crippen MR) is 79.6 cm³/mol. The van der Waals surface area contributed by atoms with E-state index in [1.807, 2.05) is 13.0 Å². The quantitative estimate of drug-likeness (QED) is 0.777. The van der Waals surface area contributed by atoms with Crippen molar-refractivity contribution in [2.24, 2.45) is 0 Å². The summed E-state index contributed by atoms with van der Waals surface area (Å²) in [6.45, 7) is 3.85. The number of rotatable bonds is 5. The van der Waals surface area contributed by atoms with E-state index in [4.69, 9.17) is 9.47 Å². The average molecular weight is 288 g/mol. The van der Waals surface area contributed by atoms with Gasteiger partial charge in [-0.05, 0) is 49.2 Å². The van der Waals surface area contributed by atoms with Gasteiger partial charge in [-0.3, -0.25) is 4.79 Å². The lowest BCUT2D eigenvalue weighted by Crippen LogP contribution is -2.01. The summed E-state index contributed by atoms with van der Waals surface area (Å²) in [6.07, 6.45) is 0. The molecule has 110 valence electrons. The van der Waals surface area contributed by atoms with Crippen molar-refractivity contribution >= 4 is 5.78 Å². The minimum atomic E-state index is -0.418. The second kappa shape index (κ2) is 6.39. The fourth-order valence-corrected chi connectivity index (χ4v) is 2.11. The lowest BCUT2D eigenvalue weighted by molar-refractivity contribution is 0.101. The molecule has 0 amide bonds. The van der Waals surface area contributed by atoms with Gasteiger partial charge >= 0.3 is 0 Å². The molecule has 0 aromatic heterocycles. The maximum atomic E-state index is 13.5. The van der Waals surface area contributed by atoms with Gasteiger partial charge in [0.25, 0.3) is 0 Å². The first-order valence-electron chi connectivity index (χ1n) is 6.68. The van der Waals surface area contributed by atoms with Crippen LogP contribution in [0.5, 0.6) is 11.5 Å². The Morgan fingerprint density at radius 3 is 2.38 bits per heavy atom. The summed E-state index contributed by atoms with van der Waals surface area (Å²) >= 11 is 0. The molecule has 2 aromatic carbocycles. The summed E-state index contributed by atoms with van der Waals surface area (Å²) in [6, 6.07) is 9.94. The zero-order chi connectivity index (χ0) is 15.4. The van der Waals surface area contributed by atoms with Crippen molar-refractivity contribution in [1.82, 2.24) is 0 Å². The highest BCUT2D eigenvalue weighted by molar-refractivity contribution is 5.98. The van der Waals surface area contributed by atoms with Crippen LogP contribution >= 0.6 is 0 Å².